The largest absolute Gasteiger partial charge is 0.381 e. The van der Waals surface area contributed by atoms with Crippen molar-refractivity contribution in [3.63, 3.8) is 0 Å². The molecular formula is C16H16N6O2. The zero-order chi connectivity index (χ0) is 16.6. The number of aromatic nitrogens is 5. The fraction of sp³-hybridized carbons (Fsp3) is 0.250. The minimum Gasteiger partial charge on any atom is -0.381 e. The quantitative estimate of drug-likeness (QED) is 0.739. The van der Waals surface area contributed by atoms with E-state index in [1.807, 2.05) is 24.4 Å². The molecule has 1 saturated heterocycles. The fourth-order valence-electron chi connectivity index (χ4n) is 2.99. The molecule has 1 unspecified atom stereocenters. The third kappa shape index (κ3) is 2.46. The summed E-state index contributed by atoms with van der Waals surface area (Å²) in [7, 11) is 0. The summed E-state index contributed by atoms with van der Waals surface area (Å²) in [5.41, 5.74) is 0.690. The summed E-state index contributed by atoms with van der Waals surface area (Å²) in [6.45, 7) is 0.665. The van der Waals surface area contributed by atoms with Crippen LogP contribution in [-0.4, -0.2) is 54.2 Å². The summed E-state index contributed by atoms with van der Waals surface area (Å²) in [4.78, 5) is 14.4. The van der Waals surface area contributed by atoms with Gasteiger partial charge in [-0.15, -0.1) is 0 Å². The predicted molar refractivity (Wildman–Crippen MR) is 84.4 cm³/mol. The molecule has 2 aromatic heterocycles. The molecule has 1 aliphatic rings. The number of H-pyrrole nitrogens is 1. The number of carbonyl (C=O) groups excluding carboxylic acids is 1. The van der Waals surface area contributed by atoms with Crippen LogP contribution >= 0.6 is 0 Å². The van der Waals surface area contributed by atoms with Gasteiger partial charge in [-0.3, -0.25) is 4.79 Å². The monoisotopic (exact) mass is 324 g/mol. The van der Waals surface area contributed by atoms with E-state index in [0.717, 1.165) is 5.69 Å². The summed E-state index contributed by atoms with van der Waals surface area (Å²) in [5.74, 6) is -0.122. The molecule has 1 amide bonds. The number of β-amino-alcohol motifs (C(OH)–C–C–N with tert-alkyl or cyclic N) is 1. The molecule has 0 aliphatic carbocycles. The maximum Gasteiger partial charge on any atom is 0.254 e. The highest BCUT2D eigenvalue weighted by molar-refractivity contribution is 5.95. The minimum absolute atomic E-state index is 0.122. The molecule has 4 rings (SSSR count). The molecule has 1 fully saturated rings. The van der Waals surface area contributed by atoms with E-state index in [2.05, 4.69) is 20.5 Å². The van der Waals surface area contributed by atoms with E-state index in [4.69, 9.17) is 0 Å². The Labute approximate surface area is 137 Å². The van der Waals surface area contributed by atoms with Gasteiger partial charge in [0.1, 0.15) is 11.3 Å². The molecule has 2 N–H and O–H groups in total. The van der Waals surface area contributed by atoms with Gasteiger partial charge in [-0.1, -0.05) is 6.07 Å². The lowest BCUT2D eigenvalue weighted by Gasteiger charge is -2.21. The van der Waals surface area contributed by atoms with Crippen LogP contribution in [0.15, 0.2) is 48.9 Å². The second kappa shape index (κ2) is 5.57. The zero-order valence-electron chi connectivity index (χ0n) is 12.8. The average molecular weight is 324 g/mol. The Balaban J connectivity index is 1.56. The van der Waals surface area contributed by atoms with E-state index in [1.165, 1.54) is 6.20 Å². The van der Waals surface area contributed by atoms with Gasteiger partial charge < -0.3 is 10.0 Å². The SMILES string of the molecule is O=C(c1cccc(-n2cccn2)c1)N1CCC(O)(c2cn[nH]n2)C1. The number of aromatic amines is 1. The van der Waals surface area contributed by atoms with Crippen molar-refractivity contribution in [3.8, 4) is 5.69 Å². The molecule has 1 atom stereocenters. The second-order valence-electron chi connectivity index (χ2n) is 5.86. The van der Waals surface area contributed by atoms with Crippen molar-refractivity contribution < 1.29 is 9.90 Å². The van der Waals surface area contributed by atoms with Crippen molar-refractivity contribution in [1.29, 1.82) is 0 Å². The van der Waals surface area contributed by atoms with E-state index in [9.17, 15) is 9.90 Å². The predicted octanol–water partition coefficient (Wildman–Crippen LogP) is 0.724. The first-order chi connectivity index (χ1) is 11.7. The van der Waals surface area contributed by atoms with Crippen LogP contribution in [0.1, 0.15) is 22.5 Å². The fourth-order valence-corrected chi connectivity index (χ4v) is 2.99. The summed E-state index contributed by atoms with van der Waals surface area (Å²) in [6.07, 6.45) is 5.44. The Kier molecular flexibility index (Phi) is 3.39. The molecule has 1 aliphatic heterocycles. The molecule has 8 nitrogen and oxygen atoms in total. The van der Waals surface area contributed by atoms with Gasteiger partial charge in [-0.2, -0.15) is 20.5 Å². The van der Waals surface area contributed by atoms with Crippen LogP contribution in [0.5, 0.6) is 0 Å². The summed E-state index contributed by atoms with van der Waals surface area (Å²) < 4.78 is 1.70. The van der Waals surface area contributed by atoms with Gasteiger partial charge in [0, 0.05) is 30.9 Å². The number of likely N-dealkylation sites (tertiary alicyclic amines) is 1. The number of nitrogens with zero attached hydrogens (tertiary/aromatic N) is 5. The summed E-state index contributed by atoms with van der Waals surface area (Å²) in [5, 5.41) is 25.0. The first-order valence-corrected chi connectivity index (χ1v) is 7.64. The van der Waals surface area contributed by atoms with Crippen LogP contribution in [-0.2, 0) is 5.60 Å². The van der Waals surface area contributed by atoms with Gasteiger partial charge in [0.2, 0.25) is 0 Å². The summed E-state index contributed by atoms with van der Waals surface area (Å²) in [6, 6.07) is 9.10. The number of hydrogen-bond donors (Lipinski definition) is 2. The van der Waals surface area contributed by atoms with Crippen molar-refractivity contribution in [1.82, 2.24) is 30.1 Å². The number of hydrogen-bond acceptors (Lipinski definition) is 5. The number of aliphatic hydroxyl groups is 1. The van der Waals surface area contributed by atoms with Crippen LogP contribution in [0.3, 0.4) is 0 Å². The lowest BCUT2D eigenvalue weighted by molar-refractivity contribution is 0.0382. The van der Waals surface area contributed by atoms with Crippen LogP contribution < -0.4 is 0 Å². The molecule has 0 spiro atoms. The molecule has 0 saturated carbocycles. The Hall–Kier alpha value is -3.00. The van der Waals surface area contributed by atoms with Gasteiger partial charge in [0.15, 0.2) is 0 Å². The highest BCUT2D eigenvalue weighted by Crippen LogP contribution is 2.31. The maximum absolute atomic E-state index is 12.8. The zero-order valence-corrected chi connectivity index (χ0v) is 12.8. The molecule has 3 heterocycles. The van der Waals surface area contributed by atoms with Crippen LogP contribution in [0, 0.1) is 0 Å². The Bertz CT molecular complexity index is 845. The Morgan fingerprint density at radius 3 is 3.00 bits per heavy atom. The van der Waals surface area contributed by atoms with E-state index < -0.39 is 5.60 Å². The van der Waals surface area contributed by atoms with Crippen LogP contribution in [0.4, 0.5) is 0 Å². The van der Waals surface area contributed by atoms with E-state index >= 15 is 0 Å². The van der Waals surface area contributed by atoms with Crippen molar-refractivity contribution in [3.05, 3.63) is 60.2 Å². The third-order valence-corrected chi connectivity index (χ3v) is 4.29. The number of amides is 1. The Morgan fingerprint density at radius 1 is 1.33 bits per heavy atom. The minimum atomic E-state index is -1.15. The number of rotatable bonds is 3. The normalized spacial score (nSPS) is 20.5. The molecule has 0 radical (unpaired) electrons. The molecule has 122 valence electrons. The lowest BCUT2D eigenvalue weighted by atomic mass is 10.00. The van der Waals surface area contributed by atoms with Gasteiger partial charge in [0.25, 0.3) is 5.91 Å². The standard InChI is InChI=1S/C16H16N6O2/c23-15(12-3-1-4-13(9-12)22-7-2-6-18-22)21-8-5-16(24,11-21)14-10-17-20-19-14/h1-4,6-7,9-10,24H,5,8,11H2,(H,17,19,20). The molecule has 1 aromatic carbocycles. The van der Waals surface area contributed by atoms with Gasteiger partial charge in [-0.25, -0.2) is 4.68 Å². The van der Waals surface area contributed by atoms with Crippen molar-refractivity contribution >= 4 is 5.91 Å². The van der Waals surface area contributed by atoms with E-state index in [-0.39, 0.29) is 12.5 Å². The first kappa shape index (κ1) is 14.6. The van der Waals surface area contributed by atoms with Gasteiger partial charge >= 0.3 is 0 Å². The summed E-state index contributed by atoms with van der Waals surface area (Å²) >= 11 is 0. The number of benzene rings is 1. The topological polar surface area (TPSA) is 99.9 Å². The van der Waals surface area contributed by atoms with Crippen molar-refractivity contribution in [2.45, 2.75) is 12.0 Å². The average Bonchev–Trinajstić information content (AvgIpc) is 3.35. The lowest BCUT2D eigenvalue weighted by Crippen LogP contribution is -2.34. The third-order valence-electron chi connectivity index (χ3n) is 4.29. The highest BCUT2D eigenvalue weighted by Gasteiger charge is 2.41. The van der Waals surface area contributed by atoms with E-state index in [0.29, 0.717) is 24.2 Å². The number of carbonyl (C=O) groups is 1. The number of nitrogens with one attached hydrogen (secondary N) is 1. The Morgan fingerprint density at radius 2 is 2.25 bits per heavy atom. The van der Waals surface area contributed by atoms with Crippen LogP contribution in [0.2, 0.25) is 0 Å². The van der Waals surface area contributed by atoms with Crippen molar-refractivity contribution in [2.75, 3.05) is 13.1 Å². The molecule has 3 aromatic rings. The smallest absolute Gasteiger partial charge is 0.254 e. The molecular weight excluding hydrogens is 308 g/mol. The maximum atomic E-state index is 12.8. The molecule has 24 heavy (non-hydrogen) atoms. The molecule has 8 heteroatoms. The molecule has 0 bridgehead atoms. The second-order valence-corrected chi connectivity index (χ2v) is 5.86. The van der Waals surface area contributed by atoms with Crippen molar-refractivity contribution in [2.24, 2.45) is 0 Å². The van der Waals surface area contributed by atoms with Crippen LogP contribution in [0.25, 0.3) is 5.69 Å². The first-order valence-electron chi connectivity index (χ1n) is 7.64. The highest BCUT2D eigenvalue weighted by atomic mass is 16.3. The van der Waals surface area contributed by atoms with E-state index in [1.54, 1.807) is 27.9 Å². The van der Waals surface area contributed by atoms with Gasteiger partial charge in [0.05, 0.1) is 18.4 Å². The van der Waals surface area contributed by atoms with Gasteiger partial charge in [-0.05, 0) is 24.3 Å².